The minimum atomic E-state index is 0.256. The average molecular weight is 217 g/mol. The van der Waals surface area contributed by atoms with Crippen molar-refractivity contribution in [2.75, 3.05) is 24.7 Å². The fourth-order valence-corrected chi connectivity index (χ4v) is 2.08. The maximum atomic E-state index is 5.26. The SMILES string of the molecule is NCO[B]Cc1cccc(N2CCCC2)c1. The molecule has 0 amide bonds. The molecule has 1 heterocycles. The fourth-order valence-electron chi connectivity index (χ4n) is 2.08. The Morgan fingerprint density at radius 1 is 1.31 bits per heavy atom. The van der Waals surface area contributed by atoms with Gasteiger partial charge >= 0.3 is 0 Å². The molecule has 1 fully saturated rings. The molecular weight excluding hydrogens is 199 g/mol. The van der Waals surface area contributed by atoms with Crippen LogP contribution in [0.2, 0.25) is 0 Å². The van der Waals surface area contributed by atoms with E-state index in [4.69, 9.17) is 10.4 Å². The first kappa shape index (κ1) is 11.5. The summed E-state index contributed by atoms with van der Waals surface area (Å²) < 4.78 is 5.04. The van der Waals surface area contributed by atoms with Gasteiger partial charge in [0.1, 0.15) is 0 Å². The number of nitrogens with two attached hydrogens (primary N) is 1. The van der Waals surface area contributed by atoms with Crippen LogP contribution < -0.4 is 10.6 Å². The van der Waals surface area contributed by atoms with Gasteiger partial charge in [-0.3, -0.25) is 0 Å². The zero-order valence-electron chi connectivity index (χ0n) is 9.56. The first-order chi connectivity index (χ1) is 7.90. The Balaban J connectivity index is 1.95. The van der Waals surface area contributed by atoms with Gasteiger partial charge in [0.05, 0.1) is 6.73 Å². The molecule has 0 saturated carbocycles. The molecule has 16 heavy (non-hydrogen) atoms. The highest BCUT2D eigenvalue weighted by atomic mass is 16.4. The van der Waals surface area contributed by atoms with Gasteiger partial charge in [-0.25, -0.2) is 0 Å². The van der Waals surface area contributed by atoms with Crippen LogP contribution in [-0.2, 0) is 11.0 Å². The largest absolute Gasteiger partial charge is 0.428 e. The third-order valence-corrected chi connectivity index (χ3v) is 2.91. The molecule has 85 valence electrons. The maximum Gasteiger partial charge on any atom is 0.298 e. The summed E-state index contributed by atoms with van der Waals surface area (Å²) in [5.41, 5.74) is 7.87. The quantitative estimate of drug-likeness (QED) is 0.459. The maximum absolute atomic E-state index is 5.26. The molecule has 1 aromatic rings. The van der Waals surface area contributed by atoms with Gasteiger partial charge in [0, 0.05) is 18.8 Å². The van der Waals surface area contributed by atoms with Gasteiger partial charge in [-0.1, -0.05) is 17.7 Å². The molecule has 2 N–H and O–H groups in total. The normalized spacial score (nSPS) is 15.4. The number of anilines is 1. The predicted molar refractivity (Wildman–Crippen MR) is 67.5 cm³/mol. The van der Waals surface area contributed by atoms with Crippen molar-refractivity contribution in [2.24, 2.45) is 5.73 Å². The zero-order valence-corrected chi connectivity index (χ0v) is 9.56. The summed E-state index contributed by atoms with van der Waals surface area (Å²) in [5.74, 6) is 0. The predicted octanol–water partition coefficient (Wildman–Crippen LogP) is 1.34. The minimum absolute atomic E-state index is 0.256. The zero-order chi connectivity index (χ0) is 11.2. The molecule has 1 aromatic carbocycles. The second-order valence-electron chi connectivity index (χ2n) is 4.07. The Kier molecular flexibility index (Phi) is 4.25. The van der Waals surface area contributed by atoms with Gasteiger partial charge in [-0.15, -0.1) is 0 Å². The Hall–Kier alpha value is -0.995. The van der Waals surface area contributed by atoms with Gasteiger partial charge in [-0.05, 0) is 31.3 Å². The van der Waals surface area contributed by atoms with Crippen LogP contribution in [0.25, 0.3) is 0 Å². The van der Waals surface area contributed by atoms with Gasteiger partial charge in [0.15, 0.2) is 0 Å². The molecule has 0 aliphatic carbocycles. The van der Waals surface area contributed by atoms with Crippen molar-refractivity contribution in [1.82, 2.24) is 0 Å². The van der Waals surface area contributed by atoms with Gasteiger partial charge < -0.3 is 15.3 Å². The Labute approximate surface area is 97.9 Å². The van der Waals surface area contributed by atoms with Crippen LogP contribution in [0, 0.1) is 0 Å². The topological polar surface area (TPSA) is 38.5 Å². The molecule has 1 aliphatic heterocycles. The van der Waals surface area contributed by atoms with Crippen LogP contribution >= 0.6 is 0 Å². The van der Waals surface area contributed by atoms with Crippen molar-refractivity contribution in [3.05, 3.63) is 29.8 Å². The molecule has 4 heteroatoms. The third-order valence-electron chi connectivity index (χ3n) is 2.91. The van der Waals surface area contributed by atoms with E-state index < -0.39 is 0 Å². The molecule has 3 nitrogen and oxygen atoms in total. The van der Waals surface area contributed by atoms with E-state index in [-0.39, 0.29) is 6.73 Å². The Morgan fingerprint density at radius 3 is 2.88 bits per heavy atom. The lowest BCUT2D eigenvalue weighted by Gasteiger charge is -2.18. The summed E-state index contributed by atoms with van der Waals surface area (Å²) in [7, 11) is 1.77. The highest BCUT2D eigenvalue weighted by molar-refractivity contribution is 6.26. The molecule has 0 bridgehead atoms. The summed E-state index contributed by atoms with van der Waals surface area (Å²) in [6.07, 6.45) is 3.44. The van der Waals surface area contributed by atoms with Crippen molar-refractivity contribution in [2.45, 2.75) is 19.2 Å². The third kappa shape index (κ3) is 3.00. The van der Waals surface area contributed by atoms with E-state index in [1.807, 2.05) is 0 Å². The molecule has 1 radical (unpaired) electrons. The summed E-state index contributed by atoms with van der Waals surface area (Å²) in [5, 5.41) is 0. The van der Waals surface area contributed by atoms with Crippen molar-refractivity contribution in [1.29, 1.82) is 0 Å². The van der Waals surface area contributed by atoms with E-state index in [9.17, 15) is 0 Å². The number of nitrogens with zero attached hydrogens (tertiary/aromatic N) is 1. The standard InChI is InChI=1S/C12H18BN2O/c14-10-16-13-9-11-4-3-5-12(8-11)15-6-1-2-7-15/h3-5,8H,1-2,6-7,9-10,14H2. The van der Waals surface area contributed by atoms with Gasteiger partial charge in [0.2, 0.25) is 0 Å². The number of hydrogen-bond donors (Lipinski definition) is 1. The monoisotopic (exact) mass is 217 g/mol. The lowest BCUT2D eigenvalue weighted by Crippen LogP contribution is -2.17. The molecule has 2 rings (SSSR count). The lowest BCUT2D eigenvalue weighted by atomic mass is 9.89. The van der Waals surface area contributed by atoms with Crippen LogP contribution in [0.3, 0.4) is 0 Å². The van der Waals surface area contributed by atoms with Crippen LogP contribution in [0.15, 0.2) is 24.3 Å². The van der Waals surface area contributed by atoms with E-state index in [0.717, 1.165) is 6.32 Å². The summed E-state index contributed by atoms with van der Waals surface area (Å²) >= 11 is 0. The Bertz CT molecular complexity index is 327. The molecule has 1 aliphatic rings. The van der Waals surface area contributed by atoms with Crippen LogP contribution in [0.1, 0.15) is 18.4 Å². The number of rotatable bonds is 5. The summed E-state index contributed by atoms with van der Waals surface area (Å²) in [6, 6.07) is 8.65. The van der Waals surface area contributed by atoms with Crippen molar-refractivity contribution in [3.8, 4) is 0 Å². The van der Waals surface area contributed by atoms with E-state index in [1.54, 1.807) is 7.48 Å². The fraction of sp³-hybridized carbons (Fsp3) is 0.500. The minimum Gasteiger partial charge on any atom is -0.428 e. The lowest BCUT2D eigenvalue weighted by molar-refractivity contribution is 0.348. The van der Waals surface area contributed by atoms with Gasteiger partial charge in [0.25, 0.3) is 7.48 Å². The highest BCUT2D eigenvalue weighted by Crippen LogP contribution is 2.21. The molecular formula is C12H18BN2O. The first-order valence-corrected chi connectivity index (χ1v) is 5.87. The van der Waals surface area contributed by atoms with E-state index in [0.29, 0.717) is 0 Å². The van der Waals surface area contributed by atoms with Crippen LogP contribution in [0.4, 0.5) is 5.69 Å². The molecule has 0 aromatic heterocycles. The van der Waals surface area contributed by atoms with E-state index >= 15 is 0 Å². The van der Waals surface area contributed by atoms with E-state index in [1.165, 1.54) is 37.2 Å². The second-order valence-corrected chi connectivity index (χ2v) is 4.07. The molecule has 0 atom stereocenters. The second kappa shape index (κ2) is 5.92. The number of benzene rings is 1. The Morgan fingerprint density at radius 2 is 2.12 bits per heavy atom. The van der Waals surface area contributed by atoms with Gasteiger partial charge in [-0.2, -0.15) is 0 Å². The molecule has 0 spiro atoms. The average Bonchev–Trinajstić information content (AvgIpc) is 2.83. The summed E-state index contributed by atoms with van der Waals surface area (Å²) in [4.78, 5) is 2.44. The van der Waals surface area contributed by atoms with Crippen molar-refractivity contribution < 1.29 is 4.65 Å². The molecule has 0 unspecified atom stereocenters. The number of hydrogen-bond acceptors (Lipinski definition) is 3. The first-order valence-electron chi connectivity index (χ1n) is 5.87. The smallest absolute Gasteiger partial charge is 0.298 e. The van der Waals surface area contributed by atoms with Crippen LogP contribution in [-0.4, -0.2) is 27.3 Å². The van der Waals surface area contributed by atoms with Crippen molar-refractivity contribution >= 4 is 13.2 Å². The van der Waals surface area contributed by atoms with Crippen LogP contribution in [0.5, 0.6) is 0 Å². The van der Waals surface area contributed by atoms with E-state index in [2.05, 4.69) is 29.2 Å². The molecule has 1 saturated heterocycles. The highest BCUT2D eigenvalue weighted by Gasteiger charge is 2.12. The van der Waals surface area contributed by atoms with Crippen molar-refractivity contribution in [3.63, 3.8) is 0 Å². The summed E-state index contributed by atoms with van der Waals surface area (Å²) in [6.45, 7) is 2.63.